The van der Waals surface area contributed by atoms with Gasteiger partial charge < -0.3 is 18.9 Å². The number of methoxy groups -OCH3 is 2. The van der Waals surface area contributed by atoms with Gasteiger partial charge in [-0.1, -0.05) is 5.16 Å². The van der Waals surface area contributed by atoms with E-state index in [1.54, 1.807) is 6.92 Å². The molecule has 100 valence electrons. The van der Waals surface area contributed by atoms with Crippen LogP contribution in [-0.2, 0) is 20.9 Å². The molecule has 1 amide bonds. The van der Waals surface area contributed by atoms with Crippen LogP contribution in [0, 0.1) is 0 Å². The lowest BCUT2D eigenvalue weighted by molar-refractivity contribution is -0.141. The van der Waals surface area contributed by atoms with Crippen LogP contribution in [0.3, 0.4) is 0 Å². The molecular formula is C11H16N2O5. The number of likely N-dealkylation sites (N-methyl/N-ethyl adjacent to an activating group) is 1. The maximum atomic E-state index is 12.0. The molecule has 0 radical (unpaired) electrons. The fourth-order valence-electron chi connectivity index (χ4n) is 1.33. The molecule has 1 rings (SSSR count). The Morgan fingerprint density at radius 1 is 1.44 bits per heavy atom. The number of hydrogen-bond acceptors (Lipinski definition) is 6. The van der Waals surface area contributed by atoms with Crippen LogP contribution in [0.25, 0.3) is 0 Å². The summed E-state index contributed by atoms with van der Waals surface area (Å²) in [4.78, 5) is 24.5. The molecule has 0 aromatic carbocycles. The molecule has 1 aromatic rings. The lowest BCUT2D eigenvalue weighted by Crippen LogP contribution is -2.36. The number of esters is 1. The Morgan fingerprint density at radius 2 is 2.17 bits per heavy atom. The standard InChI is InChI=1S/C11H16N2O5/c1-4-13(6-10(14)17-3)11(15)9-5-8(7-16-2)18-12-9/h5H,4,6-7H2,1-3H3. The summed E-state index contributed by atoms with van der Waals surface area (Å²) in [6.07, 6.45) is 0. The average Bonchev–Trinajstić information content (AvgIpc) is 2.83. The first-order valence-corrected chi connectivity index (χ1v) is 5.43. The van der Waals surface area contributed by atoms with Crippen LogP contribution in [-0.4, -0.2) is 49.2 Å². The van der Waals surface area contributed by atoms with E-state index in [2.05, 4.69) is 9.89 Å². The lowest BCUT2D eigenvalue weighted by Gasteiger charge is -2.17. The highest BCUT2D eigenvalue weighted by Crippen LogP contribution is 2.08. The fraction of sp³-hybridized carbons (Fsp3) is 0.545. The van der Waals surface area contributed by atoms with Gasteiger partial charge in [0.15, 0.2) is 11.5 Å². The van der Waals surface area contributed by atoms with E-state index in [1.807, 2.05) is 0 Å². The number of rotatable bonds is 6. The van der Waals surface area contributed by atoms with Gasteiger partial charge in [-0.25, -0.2) is 0 Å². The van der Waals surface area contributed by atoms with Crippen molar-refractivity contribution in [1.29, 1.82) is 0 Å². The van der Waals surface area contributed by atoms with Crippen molar-refractivity contribution in [2.45, 2.75) is 13.5 Å². The van der Waals surface area contributed by atoms with Crippen molar-refractivity contribution in [3.8, 4) is 0 Å². The quantitative estimate of drug-likeness (QED) is 0.687. The summed E-state index contributed by atoms with van der Waals surface area (Å²) in [5, 5.41) is 3.64. The van der Waals surface area contributed by atoms with Crippen LogP contribution in [0.1, 0.15) is 23.2 Å². The van der Waals surface area contributed by atoms with Gasteiger partial charge in [-0.2, -0.15) is 0 Å². The lowest BCUT2D eigenvalue weighted by atomic mass is 10.3. The van der Waals surface area contributed by atoms with E-state index in [-0.39, 0.29) is 24.8 Å². The van der Waals surface area contributed by atoms with Crippen LogP contribution < -0.4 is 0 Å². The molecule has 0 N–H and O–H groups in total. The third kappa shape index (κ3) is 3.56. The summed E-state index contributed by atoms with van der Waals surface area (Å²) in [7, 11) is 2.78. The second kappa shape index (κ2) is 6.75. The van der Waals surface area contributed by atoms with Crippen molar-refractivity contribution < 1.29 is 23.6 Å². The minimum Gasteiger partial charge on any atom is -0.468 e. The van der Waals surface area contributed by atoms with Gasteiger partial charge in [0.1, 0.15) is 13.2 Å². The summed E-state index contributed by atoms with van der Waals surface area (Å²) < 4.78 is 14.3. The highest BCUT2D eigenvalue weighted by molar-refractivity contribution is 5.94. The summed E-state index contributed by atoms with van der Waals surface area (Å²) in [5.41, 5.74) is 0.146. The number of carbonyl (C=O) groups excluding carboxylic acids is 2. The highest BCUT2D eigenvalue weighted by atomic mass is 16.5. The molecule has 7 heteroatoms. The molecule has 0 fully saturated rings. The number of hydrogen-bond donors (Lipinski definition) is 0. The molecular weight excluding hydrogens is 240 g/mol. The van der Waals surface area contributed by atoms with Crippen LogP contribution in [0.4, 0.5) is 0 Å². The molecule has 0 aliphatic carbocycles. The smallest absolute Gasteiger partial charge is 0.325 e. The summed E-state index contributed by atoms with van der Waals surface area (Å²) >= 11 is 0. The number of amides is 1. The zero-order chi connectivity index (χ0) is 13.5. The van der Waals surface area contributed by atoms with Gasteiger partial charge in [-0.05, 0) is 6.92 Å². The number of aromatic nitrogens is 1. The van der Waals surface area contributed by atoms with Crippen molar-refractivity contribution >= 4 is 11.9 Å². The van der Waals surface area contributed by atoms with Crippen molar-refractivity contribution in [1.82, 2.24) is 10.1 Å². The highest BCUT2D eigenvalue weighted by Gasteiger charge is 2.21. The maximum absolute atomic E-state index is 12.0. The van der Waals surface area contributed by atoms with Crippen LogP contribution in [0.2, 0.25) is 0 Å². The summed E-state index contributed by atoms with van der Waals surface area (Å²) in [6.45, 7) is 2.26. The first-order chi connectivity index (χ1) is 8.62. The normalized spacial score (nSPS) is 10.2. The van der Waals surface area contributed by atoms with E-state index >= 15 is 0 Å². The van der Waals surface area contributed by atoms with Crippen LogP contribution in [0.5, 0.6) is 0 Å². The maximum Gasteiger partial charge on any atom is 0.325 e. The minimum atomic E-state index is -0.481. The Morgan fingerprint density at radius 3 is 2.72 bits per heavy atom. The molecule has 18 heavy (non-hydrogen) atoms. The third-order valence-electron chi connectivity index (χ3n) is 2.28. The Balaban J connectivity index is 2.73. The molecule has 0 atom stereocenters. The van der Waals surface area contributed by atoms with E-state index in [4.69, 9.17) is 9.26 Å². The molecule has 0 bridgehead atoms. The minimum absolute atomic E-state index is 0.113. The van der Waals surface area contributed by atoms with E-state index in [9.17, 15) is 9.59 Å². The average molecular weight is 256 g/mol. The molecule has 1 aromatic heterocycles. The SMILES string of the molecule is CCN(CC(=O)OC)C(=O)c1cc(COC)on1. The molecule has 1 heterocycles. The van der Waals surface area contributed by atoms with E-state index in [0.717, 1.165) is 0 Å². The van der Waals surface area contributed by atoms with E-state index < -0.39 is 5.97 Å². The van der Waals surface area contributed by atoms with Gasteiger partial charge in [0.2, 0.25) is 0 Å². The molecule has 0 saturated heterocycles. The zero-order valence-corrected chi connectivity index (χ0v) is 10.6. The van der Waals surface area contributed by atoms with E-state index in [1.165, 1.54) is 25.2 Å². The van der Waals surface area contributed by atoms with Gasteiger partial charge in [-0.15, -0.1) is 0 Å². The molecule has 0 saturated carbocycles. The molecule has 0 aliphatic heterocycles. The molecule has 7 nitrogen and oxygen atoms in total. The topological polar surface area (TPSA) is 81.9 Å². The molecule has 0 unspecified atom stereocenters. The molecule has 0 aliphatic rings. The second-order valence-corrected chi connectivity index (χ2v) is 3.51. The van der Waals surface area contributed by atoms with Crippen molar-refractivity contribution in [3.05, 3.63) is 17.5 Å². The zero-order valence-electron chi connectivity index (χ0n) is 10.6. The number of carbonyl (C=O) groups is 2. The first kappa shape index (κ1) is 14.2. The summed E-state index contributed by atoms with van der Waals surface area (Å²) in [6, 6.07) is 1.49. The van der Waals surface area contributed by atoms with Gasteiger partial charge >= 0.3 is 5.97 Å². The number of nitrogens with zero attached hydrogens (tertiary/aromatic N) is 2. The fourth-order valence-corrected chi connectivity index (χ4v) is 1.33. The predicted molar refractivity (Wildman–Crippen MR) is 60.8 cm³/mol. The molecule has 0 spiro atoms. The van der Waals surface area contributed by atoms with Gasteiger partial charge in [0.25, 0.3) is 5.91 Å². The van der Waals surface area contributed by atoms with Crippen molar-refractivity contribution in [2.24, 2.45) is 0 Å². The Hall–Kier alpha value is -1.89. The Kier molecular flexibility index (Phi) is 5.31. The van der Waals surface area contributed by atoms with Crippen LogP contribution >= 0.6 is 0 Å². The van der Waals surface area contributed by atoms with Crippen LogP contribution in [0.15, 0.2) is 10.6 Å². The summed E-state index contributed by atoms with van der Waals surface area (Å²) in [5.74, 6) is -0.408. The van der Waals surface area contributed by atoms with E-state index in [0.29, 0.717) is 12.3 Å². The monoisotopic (exact) mass is 256 g/mol. The van der Waals surface area contributed by atoms with Crippen molar-refractivity contribution in [2.75, 3.05) is 27.3 Å². The van der Waals surface area contributed by atoms with Gasteiger partial charge in [-0.3, -0.25) is 9.59 Å². The third-order valence-corrected chi connectivity index (χ3v) is 2.28. The largest absolute Gasteiger partial charge is 0.468 e. The second-order valence-electron chi connectivity index (χ2n) is 3.51. The predicted octanol–water partition coefficient (Wildman–Crippen LogP) is 0.456. The Bertz CT molecular complexity index is 415. The number of ether oxygens (including phenoxy) is 2. The first-order valence-electron chi connectivity index (χ1n) is 5.43. The Labute approximate surface area is 105 Å². The van der Waals surface area contributed by atoms with Crippen molar-refractivity contribution in [3.63, 3.8) is 0 Å². The van der Waals surface area contributed by atoms with Gasteiger partial charge in [0.05, 0.1) is 7.11 Å². The van der Waals surface area contributed by atoms with Gasteiger partial charge in [0, 0.05) is 19.7 Å².